The summed E-state index contributed by atoms with van der Waals surface area (Å²) < 4.78 is 11.6. The summed E-state index contributed by atoms with van der Waals surface area (Å²) in [6, 6.07) is 11.6. The van der Waals surface area contributed by atoms with E-state index in [-0.39, 0.29) is 11.8 Å². The molecule has 2 amide bonds. The van der Waals surface area contributed by atoms with Crippen LogP contribution in [0.4, 0.5) is 5.69 Å². The Morgan fingerprint density at radius 1 is 0.970 bits per heavy atom. The van der Waals surface area contributed by atoms with Crippen molar-refractivity contribution in [3.8, 4) is 11.5 Å². The molecule has 0 radical (unpaired) electrons. The zero-order valence-corrected chi connectivity index (χ0v) is 20.4. The lowest BCUT2D eigenvalue weighted by Gasteiger charge is -2.24. The minimum atomic E-state index is 0.00388. The number of ether oxygens (including phenoxy) is 2. The first kappa shape index (κ1) is 24.6. The van der Waals surface area contributed by atoms with Gasteiger partial charge in [-0.1, -0.05) is 26.8 Å². The van der Waals surface area contributed by atoms with Gasteiger partial charge < -0.3 is 19.3 Å². The number of hydrogen-bond acceptors (Lipinski definition) is 4. The van der Waals surface area contributed by atoms with Crippen LogP contribution in [-0.4, -0.2) is 43.0 Å². The molecule has 0 aromatic heterocycles. The maximum Gasteiger partial charge on any atom is 0.254 e. The predicted molar refractivity (Wildman–Crippen MR) is 131 cm³/mol. The molecule has 0 aliphatic carbocycles. The molecule has 0 unspecified atom stereocenters. The molecule has 3 rings (SSSR count). The summed E-state index contributed by atoms with van der Waals surface area (Å²) in [7, 11) is 0. The van der Waals surface area contributed by atoms with E-state index < -0.39 is 0 Å². The topological polar surface area (TPSA) is 59.1 Å². The molecule has 0 saturated heterocycles. The second kappa shape index (κ2) is 11.7. The van der Waals surface area contributed by atoms with Gasteiger partial charge >= 0.3 is 0 Å². The van der Waals surface area contributed by atoms with Crippen LogP contribution in [0, 0.1) is 0 Å². The van der Waals surface area contributed by atoms with Crippen molar-refractivity contribution in [3.05, 3.63) is 53.1 Å². The molecule has 0 saturated carbocycles. The smallest absolute Gasteiger partial charge is 0.254 e. The Labute approximate surface area is 197 Å². The lowest BCUT2D eigenvalue weighted by molar-refractivity contribution is -0.118. The highest BCUT2D eigenvalue weighted by atomic mass is 16.5. The molecule has 0 spiro atoms. The van der Waals surface area contributed by atoms with Crippen molar-refractivity contribution >= 4 is 17.5 Å². The molecule has 1 heterocycles. The van der Waals surface area contributed by atoms with Gasteiger partial charge in [0.25, 0.3) is 5.91 Å². The molecule has 1 aliphatic heterocycles. The average molecular weight is 453 g/mol. The first-order chi connectivity index (χ1) is 16.0. The standard InChI is InChI=1S/C27H36N2O4/c1-5-14-28(19-20-9-12-24(33-16-6-2)25(17-20)32-8-4)27(31)22-10-11-23-21(18-22)13-15-29(23)26(30)7-3/h9-12,17-18H,5-8,13-16,19H2,1-4H3. The monoisotopic (exact) mass is 452 g/mol. The largest absolute Gasteiger partial charge is 0.490 e. The number of carbonyl (C=O) groups excluding carboxylic acids is 2. The second-order valence-corrected chi connectivity index (χ2v) is 8.28. The fourth-order valence-corrected chi connectivity index (χ4v) is 4.16. The predicted octanol–water partition coefficient (Wildman–Crippen LogP) is 5.23. The third-order valence-electron chi connectivity index (χ3n) is 5.75. The van der Waals surface area contributed by atoms with E-state index in [1.54, 1.807) is 0 Å². The highest BCUT2D eigenvalue weighted by molar-refractivity contribution is 5.98. The van der Waals surface area contributed by atoms with Crippen LogP contribution in [0.3, 0.4) is 0 Å². The number of amides is 2. The maximum absolute atomic E-state index is 13.4. The van der Waals surface area contributed by atoms with Gasteiger partial charge in [-0.2, -0.15) is 0 Å². The lowest BCUT2D eigenvalue weighted by atomic mass is 10.1. The summed E-state index contributed by atoms with van der Waals surface area (Å²) in [4.78, 5) is 29.3. The normalized spacial score (nSPS) is 12.4. The Morgan fingerprint density at radius 2 is 1.79 bits per heavy atom. The van der Waals surface area contributed by atoms with Crippen molar-refractivity contribution in [1.82, 2.24) is 4.90 Å². The van der Waals surface area contributed by atoms with E-state index in [1.807, 2.05) is 60.0 Å². The number of nitrogens with zero attached hydrogens (tertiary/aromatic N) is 2. The highest BCUT2D eigenvalue weighted by Crippen LogP contribution is 2.31. The Bertz CT molecular complexity index is 973. The van der Waals surface area contributed by atoms with Crippen LogP contribution in [0.15, 0.2) is 36.4 Å². The fraction of sp³-hybridized carbons (Fsp3) is 0.481. The van der Waals surface area contributed by atoms with Gasteiger partial charge in [0.15, 0.2) is 11.5 Å². The Morgan fingerprint density at radius 3 is 2.48 bits per heavy atom. The van der Waals surface area contributed by atoms with E-state index in [0.717, 1.165) is 41.8 Å². The van der Waals surface area contributed by atoms with Gasteiger partial charge in [-0.3, -0.25) is 9.59 Å². The van der Waals surface area contributed by atoms with Crippen molar-refractivity contribution in [1.29, 1.82) is 0 Å². The first-order valence-electron chi connectivity index (χ1n) is 12.1. The average Bonchev–Trinajstić information content (AvgIpc) is 3.26. The summed E-state index contributed by atoms with van der Waals surface area (Å²) in [5.41, 5.74) is 3.67. The molecule has 6 nitrogen and oxygen atoms in total. The minimum Gasteiger partial charge on any atom is -0.490 e. The van der Waals surface area contributed by atoms with Crippen LogP contribution in [0.5, 0.6) is 11.5 Å². The summed E-state index contributed by atoms with van der Waals surface area (Å²) in [5, 5.41) is 0. The number of benzene rings is 2. The number of carbonyl (C=O) groups is 2. The third-order valence-corrected chi connectivity index (χ3v) is 5.75. The number of rotatable bonds is 11. The number of fused-ring (bicyclic) bond motifs is 1. The SMILES string of the molecule is CCCOc1ccc(CN(CCC)C(=O)c2ccc3c(c2)CCN3C(=O)CC)cc1OCC. The highest BCUT2D eigenvalue weighted by Gasteiger charge is 2.25. The molecular formula is C27H36N2O4. The maximum atomic E-state index is 13.4. The van der Waals surface area contributed by atoms with Gasteiger partial charge in [0.2, 0.25) is 5.91 Å². The van der Waals surface area contributed by atoms with Crippen molar-refractivity contribution in [2.24, 2.45) is 0 Å². The zero-order chi connectivity index (χ0) is 23.8. The van der Waals surface area contributed by atoms with Crippen LogP contribution in [0.1, 0.15) is 68.4 Å². The summed E-state index contributed by atoms with van der Waals surface area (Å²) in [6.45, 7) is 11.0. The minimum absolute atomic E-state index is 0.00388. The number of hydrogen-bond donors (Lipinski definition) is 0. The zero-order valence-electron chi connectivity index (χ0n) is 20.4. The van der Waals surface area contributed by atoms with Crippen LogP contribution < -0.4 is 14.4 Å². The molecule has 2 aromatic carbocycles. The Hall–Kier alpha value is -3.02. The van der Waals surface area contributed by atoms with E-state index in [0.29, 0.717) is 50.6 Å². The number of anilines is 1. The van der Waals surface area contributed by atoms with Crippen molar-refractivity contribution < 1.29 is 19.1 Å². The van der Waals surface area contributed by atoms with Crippen LogP contribution in [0.25, 0.3) is 0 Å². The van der Waals surface area contributed by atoms with E-state index >= 15 is 0 Å². The van der Waals surface area contributed by atoms with Gasteiger partial charge in [-0.25, -0.2) is 0 Å². The molecule has 178 valence electrons. The van der Waals surface area contributed by atoms with E-state index in [4.69, 9.17) is 9.47 Å². The lowest BCUT2D eigenvalue weighted by Crippen LogP contribution is -2.31. The van der Waals surface area contributed by atoms with Crippen molar-refractivity contribution in [2.45, 2.75) is 59.9 Å². The van der Waals surface area contributed by atoms with E-state index in [1.165, 1.54) is 0 Å². The molecule has 2 aromatic rings. The van der Waals surface area contributed by atoms with Gasteiger partial charge in [-0.15, -0.1) is 0 Å². The molecule has 33 heavy (non-hydrogen) atoms. The van der Waals surface area contributed by atoms with Gasteiger partial charge in [0.05, 0.1) is 13.2 Å². The Balaban J connectivity index is 1.80. The summed E-state index contributed by atoms with van der Waals surface area (Å²) in [5.74, 6) is 1.58. The molecule has 1 aliphatic rings. The second-order valence-electron chi connectivity index (χ2n) is 8.28. The third kappa shape index (κ3) is 5.86. The quantitative estimate of drug-likeness (QED) is 0.469. The Kier molecular flexibility index (Phi) is 8.75. The first-order valence-corrected chi connectivity index (χ1v) is 12.1. The van der Waals surface area contributed by atoms with Crippen LogP contribution >= 0.6 is 0 Å². The van der Waals surface area contributed by atoms with E-state index in [9.17, 15) is 9.59 Å². The summed E-state index contributed by atoms with van der Waals surface area (Å²) >= 11 is 0. The van der Waals surface area contributed by atoms with Crippen LogP contribution in [-0.2, 0) is 17.8 Å². The summed E-state index contributed by atoms with van der Waals surface area (Å²) in [6.07, 6.45) is 3.06. The molecule has 0 fully saturated rings. The van der Waals surface area contributed by atoms with Crippen LogP contribution in [0.2, 0.25) is 0 Å². The van der Waals surface area contributed by atoms with Gasteiger partial charge in [0.1, 0.15) is 0 Å². The van der Waals surface area contributed by atoms with Crippen molar-refractivity contribution in [3.63, 3.8) is 0 Å². The van der Waals surface area contributed by atoms with Gasteiger partial charge in [-0.05, 0) is 67.6 Å². The van der Waals surface area contributed by atoms with E-state index in [2.05, 4.69) is 13.8 Å². The van der Waals surface area contributed by atoms with Gasteiger partial charge in [0, 0.05) is 37.3 Å². The van der Waals surface area contributed by atoms with Crippen molar-refractivity contribution in [2.75, 3.05) is 31.2 Å². The molecule has 6 heteroatoms. The molecule has 0 bridgehead atoms. The molecule has 0 atom stereocenters. The molecule has 0 N–H and O–H groups in total. The fourth-order valence-electron chi connectivity index (χ4n) is 4.16. The molecular weight excluding hydrogens is 416 g/mol.